The van der Waals surface area contributed by atoms with Gasteiger partial charge in [-0.2, -0.15) is 0 Å². The molecule has 4 atom stereocenters. The standard InChI is InChI=1S/C16H21N3O6/c1-16(2)24-11-10(8-20)23-14(12(11)25-16)19-7-9(5-4-6-17-3)13(21)18-15(19)22/h7,10-12,14,17,20H,6,8H2,1-3H3,(H,18,21,22). The largest absolute Gasteiger partial charge is 0.394 e. The van der Waals surface area contributed by atoms with Crippen LogP contribution in [0.15, 0.2) is 15.8 Å². The van der Waals surface area contributed by atoms with Crippen molar-refractivity contribution in [3.63, 3.8) is 0 Å². The molecule has 1 aromatic rings. The van der Waals surface area contributed by atoms with E-state index in [4.69, 9.17) is 14.2 Å². The average molecular weight is 351 g/mol. The van der Waals surface area contributed by atoms with Gasteiger partial charge in [0.2, 0.25) is 0 Å². The number of fused-ring (bicyclic) bond motifs is 1. The topological polar surface area (TPSA) is 115 Å². The van der Waals surface area contributed by atoms with Crippen LogP contribution in [-0.2, 0) is 14.2 Å². The fourth-order valence-corrected chi connectivity index (χ4v) is 3.02. The molecule has 25 heavy (non-hydrogen) atoms. The highest BCUT2D eigenvalue weighted by Gasteiger charge is 2.55. The van der Waals surface area contributed by atoms with Crippen molar-refractivity contribution in [3.8, 4) is 11.8 Å². The van der Waals surface area contributed by atoms with E-state index < -0.39 is 41.6 Å². The van der Waals surface area contributed by atoms with Gasteiger partial charge in [0.25, 0.3) is 5.56 Å². The van der Waals surface area contributed by atoms with E-state index in [1.54, 1.807) is 20.9 Å². The number of H-pyrrole nitrogens is 1. The maximum absolute atomic E-state index is 12.3. The quantitative estimate of drug-likeness (QED) is 0.569. The monoisotopic (exact) mass is 351 g/mol. The fraction of sp³-hybridized carbons (Fsp3) is 0.625. The molecule has 0 spiro atoms. The third-order valence-corrected chi connectivity index (χ3v) is 4.04. The normalized spacial score (nSPS) is 29.9. The van der Waals surface area contributed by atoms with Gasteiger partial charge in [-0.15, -0.1) is 0 Å². The van der Waals surface area contributed by atoms with E-state index in [1.807, 2.05) is 0 Å². The van der Waals surface area contributed by atoms with Crippen molar-refractivity contribution in [2.24, 2.45) is 0 Å². The highest BCUT2D eigenvalue weighted by molar-refractivity contribution is 5.30. The molecule has 136 valence electrons. The van der Waals surface area contributed by atoms with E-state index in [0.717, 1.165) is 0 Å². The second-order valence-corrected chi connectivity index (χ2v) is 6.35. The molecule has 3 heterocycles. The van der Waals surface area contributed by atoms with Crippen molar-refractivity contribution in [2.75, 3.05) is 20.2 Å². The van der Waals surface area contributed by atoms with Gasteiger partial charge in [0.05, 0.1) is 13.2 Å². The van der Waals surface area contributed by atoms with Crippen LogP contribution in [0.2, 0.25) is 0 Å². The van der Waals surface area contributed by atoms with Crippen LogP contribution in [0.5, 0.6) is 0 Å². The summed E-state index contributed by atoms with van der Waals surface area (Å²) in [5.74, 6) is 4.63. The van der Waals surface area contributed by atoms with Crippen LogP contribution in [0.25, 0.3) is 0 Å². The molecule has 0 amide bonds. The van der Waals surface area contributed by atoms with E-state index in [1.165, 1.54) is 10.8 Å². The summed E-state index contributed by atoms with van der Waals surface area (Å²) in [7, 11) is 1.74. The average Bonchev–Trinajstić information content (AvgIpc) is 3.02. The lowest BCUT2D eigenvalue weighted by molar-refractivity contribution is -0.200. The van der Waals surface area contributed by atoms with Gasteiger partial charge < -0.3 is 24.6 Å². The summed E-state index contributed by atoms with van der Waals surface area (Å²) in [5, 5.41) is 12.4. The first kappa shape index (κ1) is 17.8. The number of aromatic nitrogens is 2. The van der Waals surface area contributed by atoms with Gasteiger partial charge in [0, 0.05) is 6.20 Å². The molecular formula is C16H21N3O6. The van der Waals surface area contributed by atoms with Gasteiger partial charge in [0.15, 0.2) is 12.0 Å². The first-order valence-electron chi connectivity index (χ1n) is 7.97. The lowest BCUT2D eigenvalue weighted by atomic mass is 10.1. The van der Waals surface area contributed by atoms with Gasteiger partial charge in [0.1, 0.15) is 23.9 Å². The Morgan fingerprint density at radius 3 is 2.76 bits per heavy atom. The van der Waals surface area contributed by atoms with E-state index in [2.05, 4.69) is 22.1 Å². The van der Waals surface area contributed by atoms with Crippen LogP contribution in [0.1, 0.15) is 25.6 Å². The Hall–Kier alpha value is -1.96. The van der Waals surface area contributed by atoms with Crippen LogP contribution in [0.4, 0.5) is 0 Å². The Morgan fingerprint density at radius 2 is 2.08 bits per heavy atom. The molecule has 3 rings (SSSR count). The molecule has 0 saturated carbocycles. The van der Waals surface area contributed by atoms with Crippen molar-refractivity contribution in [2.45, 2.75) is 44.2 Å². The first-order chi connectivity index (χ1) is 11.9. The van der Waals surface area contributed by atoms with Crippen molar-refractivity contribution in [1.82, 2.24) is 14.9 Å². The Labute approximate surface area is 143 Å². The van der Waals surface area contributed by atoms with E-state index >= 15 is 0 Å². The number of ether oxygens (including phenoxy) is 3. The summed E-state index contributed by atoms with van der Waals surface area (Å²) in [6.07, 6.45) is -1.22. The second kappa shape index (κ2) is 6.74. The molecule has 9 heteroatoms. The minimum Gasteiger partial charge on any atom is -0.394 e. The molecule has 4 unspecified atom stereocenters. The zero-order chi connectivity index (χ0) is 18.2. The molecule has 0 radical (unpaired) electrons. The summed E-state index contributed by atoms with van der Waals surface area (Å²) in [4.78, 5) is 26.4. The van der Waals surface area contributed by atoms with Crippen molar-refractivity contribution < 1.29 is 19.3 Å². The maximum atomic E-state index is 12.3. The molecule has 0 aliphatic carbocycles. The van der Waals surface area contributed by atoms with E-state index in [9.17, 15) is 14.7 Å². The zero-order valence-electron chi connectivity index (χ0n) is 14.2. The molecule has 2 saturated heterocycles. The van der Waals surface area contributed by atoms with E-state index in [-0.39, 0.29) is 12.2 Å². The number of nitrogens with one attached hydrogen (secondary N) is 2. The van der Waals surface area contributed by atoms with Crippen molar-refractivity contribution in [1.29, 1.82) is 0 Å². The Balaban J connectivity index is 1.99. The Kier molecular flexibility index (Phi) is 4.81. The maximum Gasteiger partial charge on any atom is 0.330 e. The number of nitrogens with zero attached hydrogens (tertiary/aromatic N) is 1. The molecule has 1 aromatic heterocycles. The molecule has 2 fully saturated rings. The lowest BCUT2D eigenvalue weighted by Crippen LogP contribution is -2.38. The second-order valence-electron chi connectivity index (χ2n) is 6.35. The van der Waals surface area contributed by atoms with Crippen LogP contribution in [0, 0.1) is 11.8 Å². The van der Waals surface area contributed by atoms with Crippen molar-refractivity contribution >= 4 is 0 Å². The highest BCUT2D eigenvalue weighted by atomic mass is 16.8. The summed E-state index contributed by atoms with van der Waals surface area (Å²) in [6, 6.07) is 0. The number of aliphatic hydroxyl groups excluding tert-OH is 1. The highest BCUT2D eigenvalue weighted by Crippen LogP contribution is 2.42. The first-order valence-corrected chi connectivity index (χ1v) is 7.97. The van der Waals surface area contributed by atoms with Gasteiger partial charge in [-0.05, 0) is 20.9 Å². The smallest absolute Gasteiger partial charge is 0.330 e. The zero-order valence-corrected chi connectivity index (χ0v) is 14.2. The molecule has 3 N–H and O–H groups in total. The fourth-order valence-electron chi connectivity index (χ4n) is 3.02. The predicted octanol–water partition coefficient (Wildman–Crippen LogP) is -1.48. The number of hydrogen-bond acceptors (Lipinski definition) is 7. The molecular weight excluding hydrogens is 330 g/mol. The lowest BCUT2D eigenvalue weighted by Gasteiger charge is -2.24. The van der Waals surface area contributed by atoms with E-state index in [0.29, 0.717) is 6.54 Å². The van der Waals surface area contributed by atoms with Crippen LogP contribution >= 0.6 is 0 Å². The number of hydrogen-bond donors (Lipinski definition) is 3. The number of aliphatic hydroxyl groups is 1. The summed E-state index contributed by atoms with van der Waals surface area (Å²) in [6.45, 7) is 3.63. The van der Waals surface area contributed by atoms with Crippen LogP contribution < -0.4 is 16.6 Å². The number of rotatable bonds is 3. The van der Waals surface area contributed by atoms with Gasteiger partial charge >= 0.3 is 5.69 Å². The van der Waals surface area contributed by atoms with Gasteiger partial charge in [-0.1, -0.05) is 11.8 Å². The van der Waals surface area contributed by atoms with Crippen molar-refractivity contribution in [3.05, 3.63) is 32.6 Å². The number of aromatic amines is 1. The van der Waals surface area contributed by atoms with Gasteiger partial charge in [-0.25, -0.2) is 4.79 Å². The summed E-state index contributed by atoms with van der Waals surface area (Å²) >= 11 is 0. The predicted molar refractivity (Wildman–Crippen MR) is 86.9 cm³/mol. The molecule has 0 aromatic carbocycles. The Bertz CT molecular complexity index is 818. The molecule has 2 aliphatic rings. The Morgan fingerprint density at radius 1 is 1.36 bits per heavy atom. The van der Waals surface area contributed by atoms with Gasteiger partial charge in [-0.3, -0.25) is 14.3 Å². The SMILES string of the molecule is CNCC#Cc1cn(C2OC(CO)C3OC(C)(C)OC32)c(=O)[nH]c1=O. The van der Waals surface area contributed by atoms with Crippen LogP contribution in [0.3, 0.4) is 0 Å². The minimum absolute atomic E-state index is 0.139. The molecule has 0 bridgehead atoms. The molecule has 2 aliphatic heterocycles. The minimum atomic E-state index is -0.855. The summed E-state index contributed by atoms with van der Waals surface area (Å²) < 4.78 is 18.6. The van der Waals surface area contributed by atoms with Crippen LogP contribution in [-0.4, -0.2) is 59.0 Å². The summed E-state index contributed by atoms with van der Waals surface area (Å²) in [5.41, 5.74) is -1.07. The third-order valence-electron chi connectivity index (χ3n) is 4.04. The third kappa shape index (κ3) is 3.40. The molecule has 9 nitrogen and oxygen atoms in total.